The van der Waals surface area contributed by atoms with Crippen molar-refractivity contribution >= 4 is 27.1 Å². The van der Waals surface area contributed by atoms with Crippen LogP contribution in [0.25, 0.3) is 22.3 Å². The van der Waals surface area contributed by atoms with Crippen molar-refractivity contribution in [2.24, 2.45) is 14.1 Å². The highest BCUT2D eigenvalue weighted by Gasteiger charge is 2.20. The number of imidazole rings is 1. The first-order valence-corrected chi connectivity index (χ1v) is 11.5. The Labute approximate surface area is 203 Å². The highest BCUT2D eigenvalue weighted by atomic mass is 79.9. The largest absolute Gasteiger partial charge is 0.425 e. The maximum atomic E-state index is 13.3. The fourth-order valence-corrected chi connectivity index (χ4v) is 4.14. The Morgan fingerprint density at radius 3 is 2.15 bits per heavy atom. The summed E-state index contributed by atoms with van der Waals surface area (Å²) in [6, 6.07) is 25.4. The minimum atomic E-state index is -0.433. The molecular weight excluding hydrogens is 496 g/mol. The van der Waals surface area contributed by atoms with Gasteiger partial charge in [-0.05, 0) is 41.0 Å². The molecule has 170 valence electrons. The van der Waals surface area contributed by atoms with E-state index < -0.39 is 11.2 Å². The Morgan fingerprint density at radius 2 is 1.47 bits per heavy atom. The van der Waals surface area contributed by atoms with Crippen molar-refractivity contribution in [3.05, 3.63) is 110 Å². The molecule has 2 aromatic heterocycles. The van der Waals surface area contributed by atoms with Crippen molar-refractivity contribution < 1.29 is 4.74 Å². The highest BCUT2D eigenvalue weighted by Crippen LogP contribution is 2.26. The van der Waals surface area contributed by atoms with Crippen LogP contribution in [0.2, 0.25) is 0 Å². The molecule has 0 atom stereocenters. The lowest BCUT2D eigenvalue weighted by atomic mass is 10.1. The summed E-state index contributed by atoms with van der Waals surface area (Å²) in [5.41, 5.74) is 2.76. The maximum Gasteiger partial charge on any atom is 0.332 e. The number of hydrogen-bond donors (Lipinski definition) is 0. The van der Waals surface area contributed by atoms with Crippen LogP contribution in [-0.4, -0.2) is 18.7 Å². The zero-order chi connectivity index (χ0) is 23.8. The monoisotopic (exact) mass is 516 g/mol. The third-order valence-electron chi connectivity index (χ3n) is 5.74. The maximum absolute atomic E-state index is 13.3. The molecule has 0 aliphatic carbocycles. The summed E-state index contributed by atoms with van der Waals surface area (Å²) in [7, 11) is 3.31. The summed E-state index contributed by atoms with van der Waals surface area (Å²) in [6.45, 7) is 0.164. The van der Waals surface area contributed by atoms with Crippen LogP contribution in [0.4, 0.5) is 0 Å². The molecule has 0 fully saturated rings. The van der Waals surface area contributed by atoms with Crippen molar-refractivity contribution in [1.82, 2.24) is 18.7 Å². The molecule has 0 saturated heterocycles. The predicted molar refractivity (Wildman–Crippen MR) is 135 cm³/mol. The highest BCUT2D eigenvalue weighted by molar-refractivity contribution is 9.10. The number of benzene rings is 3. The van der Waals surface area contributed by atoms with Crippen LogP contribution in [0.15, 0.2) is 92.9 Å². The van der Waals surface area contributed by atoms with Crippen LogP contribution in [0.1, 0.15) is 5.56 Å². The van der Waals surface area contributed by atoms with Crippen LogP contribution in [0, 0.1) is 0 Å². The molecule has 0 aliphatic heterocycles. The van der Waals surface area contributed by atoms with Gasteiger partial charge in [0.05, 0.1) is 6.54 Å². The number of fused-ring (bicyclic) bond motifs is 1. The quantitative estimate of drug-likeness (QED) is 0.339. The van der Waals surface area contributed by atoms with Crippen molar-refractivity contribution in [3.63, 3.8) is 0 Å². The summed E-state index contributed by atoms with van der Waals surface area (Å²) in [5, 5.41) is 0. The van der Waals surface area contributed by atoms with Crippen LogP contribution in [0.3, 0.4) is 0 Å². The number of nitrogens with zero attached hydrogens (tertiary/aromatic N) is 4. The number of ether oxygens (including phenoxy) is 1. The molecule has 0 bridgehead atoms. The van der Waals surface area contributed by atoms with Crippen LogP contribution in [0.5, 0.6) is 11.8 Å². The molecule has 34 heavy (non-hydrogen) atoms. The molecule has 3 aromatic carbocycles. The first-order valence-electron chi connectivity index (χ1n) is 10.7. The van der Waals surface area contributed by atoms with E-state index in [1.54, 1.807) is 18.7 Å². The third kappa shape index (κ3) is 3.97. The van der Waals surface area contributed by atoms with Gasteiger partial charge in [0, 0.05) is 18.6 Å². The van der Waals surface area contributed by atoms with Crippen LogP contribution < -0.4 is 16.0 Å². The second-order valence-electron chi connectivity index (χ2n) is 7.98. The summed E-state index contributed by atoms with van der Waals surface area (Å²) in [4.78, 5) is 30.7. The summed E-state index contributed by atoms with van der Waals surface area (Å²) in [5.74, 6) is 0.582. The molecule has 0 spiro atoms. The fraction of sp³-hybridized carbons (Fsp3) is 0.115. The Balaban J connectivity index is 1.51. The van der Waals surface area contributed by atoms with Crippen molar-refractivity contribution in [3.8, 4) is 22.9 Å². The van der Waals surface area contributed by atoms with E-state index in [-0.39, 0.29) is 18.2 Å². The predicted octanol–water partition coefficient (Wildman–Crippen LogP) is 4.70. The Morgan fingerprint density at radius 1 is 0.824 bits per heavy atom. The van der Waals surface area contributed by atoms with E-state index in [1.165, 1.54) is 9.13 Å². The lowest BCUT2D eigenvalue weighted by molar-refractivity contribution is 0.427. The minimum absolute atomic E-state index is 0.164. The van der Waals surface area contributed by atoms with E-state index in [4.69, 9.17) is 4.74 Å². The number of aromatic nitrogens is 4. The Bertz CT molecular complexity index is 1600. The summed E-state index contributed by atoms with van der Waals surface area (Å²) >= 11 is 3.40. The third-order valence-corrected chi connectivity index (χ3v) is 6.27. The molecule has 7 nitrogen and oxygen atoms in total. The fourth-order valence-electron chi connectivity index (χ4n) is 3.88. The molecule has 0 amide bonds. The van der Waals surface area contributed by atoms with E-state index in [0.29, 0.717) is 11.3 Å². The average Bonchev–Trinajstić information content (AvgIpc) is 3.18. The number of aryl methyl sites for hydroxylation is 2. The van der Waals surface area contributed by atoms with Gasteiger partial charge in [0.2, 0.25) is 0 Å². The second kappa shape index (κ2) is 8.79. The van der Waals surface area contributed by atoms with Crippen LogP contribution in [-0.2, 0) is 20.6 Å². The van der Waals surface area contributed by atoms with Gasteiger partial charge < -0.3 is 4.74 Å². The number of halogens is 1. The average molecular weight is 517 g/mol. The van der Waals surface area contributed by atoms with Gasteiger partial charge in [-0.25, -0.2) is 4.79 Å². The van der Waals surface area contributed by atoms with E-state index in [9.17, 15) is 9.59 Å². The van der Waals surface area contributed by atoms with E-state index in [2.05, 4.69) is 20.9 Å². The molecule has 0 radical (unpaired) electrons. The minimum Gasteiger partial charge on any atom is -0.425 e. The summed E-state index contributed by atoms with van der Waals surface area (Å²) in [6.07, 6.45) is 0. The first kappa shape index (κ1) is 21.9. The normalized spacial score (nSPS) is 11.1. The smallest absolute Gasteiger partial charge is 0.332 e. The van der Waals surface area contributed by atoms with Gasteiger partial charge in [0.25, 0.3) is 5.56 Å². The lowest BCUT2D eigenvalue weighted by Crippen LogP contribution is -2.39. The number of rotatable bonds is 5. The Kier molecular flexibility index (Phi) is 5.67. The van der Waals surface area contributed by atoms with Gasteiger partial charge in [-0.1, -0.05) is 70.5 Å². The molecular formula is C26H21BrN4O3. The number of hydrogen-bond acceptors (Lipinski definition) is 4. The molecule has 2 heterocycles. The van der Waals surface area contributed by atoms with E-state index >= 15 is 0 Å². The van der Waals surface area contributed by atoms with Gasteiger partial charge in [-0.2, -0.15) is 4.98 Å². The SMILES string of the molecule is Cn1c(Oc2ccc(-c3ccccc3)cc2)nc2c1c(=O)n(Cc1ccc(Br)cc1)c(=O)n2C. The van der Waals surface area contributed by atoms with Gasteiger partial charge in [0.15, 0.2) is 11.2 Å². The molecule has 0 saturated carbocycles. The summed E-state index contributed by atoms with van der Waals surface area (Å²) < 4.78 is 11.1. The van der Waals surface area contributed by atoms with Gasteiger partial charge in [-0.15, -0.1) is 0 Å². The molecule has 0 N–H and O–H groups in total. The molecule has 5 aromatic rings. The van der Waals surface area contributed by atoms with Crippen molar-refractivity contribution in [2.45, 2.75) is 6.54 Å². The second-order valence-corrected chi connectivity index (χ2v) is 8.89. The van der Waals surface area contributed by atoms with Gasteiger partial charge in [0.1, 0.15) is 5.75 Å². The van der Waals surface area contributed by atoms with Crippen LogP contribution >= 0.6 is 15.9 Å². The zero-order valence-corrected chi connectivity index (χ0v) is 20.2. The van der Waals surface area contributed by atoms with Gasteiger partial charge >= 0.3 is 11.7 Å². The van der Waals surface area contributed by atoms with Crippen molar-refractivity contribution in [2.75, 3.05) is 0 Å². The molecule has 0 unspecified atom stereocenters. The zero-order valence-electron chi connectivity index (χ0n) is 18.6. The van der Waals surface area contributed by atoms with E-state index in [1.807, 2.05) is 78.9 Å². The van der Waals surface area contributed by atoms with E-state index in [0.717, 1.165) is 21.2 Å². The molecule has 0 aliphatic rings. The lowest BCUT2D eigenvalue weighted by Gasteiger charge is -2.09. The standard InChI is InChI=1S/C26H21BrN4O3/c1-29-22-23(30(2)26(33)31(24(22)32)16-17-8-12-20(27)13-9-17)28-25(29)34-21-14-10-19(11-15-21)18-6-4-3-5-7-18/h3-15H,16H2,1-2H3. The Hall–Kier alpha value is -3.91. The molecule has 8 heteroatoms. The topological polar surface area (TPSA) is 71.1 Å². The first-order chi connectivity index (χ1) is 16.4. The van der Waals surface area contributed by atoms with Gasteiger partial charge in [-0.3, -0.25) is 18.5 Å². The van der Waals surface area contributed by atoms with Crippen molar-refractivity contribution in [1.29, 1.82) is 0 Å². The molecule has 5 rings (SSSR count).